The van der Waals surface area contributed by atoms with E-state index in [0.717, 1.165) is 13.0 Å². The number of unbranched alkanes of at least 4 members (excludes halogenated alkanes) is 4. The molecule has 1 aromatic rings. The first-order valence-corrected chi connectivity index (χ1v) is 7.13. The minimum absolute atomic E-state index is 0.166. The number of carbonyl (C=O) groups is 1. The molecule has 2 heteroatoms. The second kappa shape index (κ2) is 9.69. The van der Waals surface area contributed by atoms with Crippen LogP contribution in [0.3, 0.4) is 0 Å². The minimum Gasteiger partial charge on any atom is -0.356 e. The fourth-order valence-electron chi connectivity index (χ4n) is 1.98. The summed E-state index contributed by atoms with van der Waals surface area (Å²) in [6.45, 7) is 2.73. The van der Waals surface area contributed by atoms with Gasteiger partial charge in [-0.3, -0.25) is 4.79 Å². The molecule has 0 radical (unpaired) electrons. The Hall–Kier alpha value is -1.31. The van der Waals surface area contributed by atoms with Crippen LogP contribution in [-0.4, -0.2) is 12.5 Å². The number of nitrogens with one attached hydrogen (secondary N) is 1. The highest BCUT2D eigenvalue weighted by molar-refractivity contribution is 5.75. The van der Waals surface area contributed by atoms with E-state index in [4.69, 9.17) is 0 Å². The van der Waals surface area contributed by atoms with Crippen LogP contribution >= 0.6 is 0 Å². The Morgan fingerprint density at radius 1 is 1.00 bits per heavy atom. The fraction of sp³-hybridized carbons (Fsp3) is 0.562. The molecule has 0 aliphatic rings. The molecule has 100 valence electrons. The smallest absolute Gasteiger partial charge is 0.219 e. The van der Waals surface area contributed by atoms with E-state index in [1.54, 1.807) is 0 Å². The molecule has 0 aliphatic carbocycles. The Morgan fingerprint density at radius 3 is 2.39 bits per heavy atom. The van der Waals surface area contributed by atoms with Gasteiger partial charge in [0.15, 0.2) is 0 Å². The van der Waals surface area contributed by atoms with E-state index in [1.807, 2.05) is 6.92 Å². The highest BCUT2D eigenvalue weighted by atomic mass is 16.1. The molecule has 0 fully saturated rings. The van der Waals surface area contributed by atoms with Crippen LogP contribution in [-0.2, 0) is 11.2 Å². The van der Waals surface area contributed by atoms with Gasteiger partial charge in [0.25, 0.3) is 0 Å². The lowest BCUT2D eigenvalue weighted by atomic mass is 10.1. The van der Waals surface area contributed by atoms with Crippen molar-refractivity contribution in [1.82, 2.24) is 5.32 Å². The Bertz CT molecular complexity index is 321. The zero-order valence-corrected chi connectivity index (χ0v) is 11.5. The number of hydrogen-bond acceptors (Lipinski definition) is 1. The van der Waals surface area contributed by atoms with Crippen LogP contribution in [0, 0.1) is 0 Å². The zero-order chi connectivity index (χ0) is 13.1. The third kappa shape index (κ3) is 7.10. The molecule has 1 N–H and O–H groups in total. The Morgan fingerprint density at radius 2 is 1.67 bits per heavy atom. The van der Waals surface area contributed by atoms with Crippen LogP contribution < -0.4 is 5.32 Å². The molecule has 0 aromatic heterocycles. The van der Waals surface area contributed by atoms with Gasteiger partial charge in [-0.05, 0) is 24.8 Å². The zero-order valence-electron chi connectivity index (χ0n) is 11.5. The summed E-state index contributed by atoms with van der Waals surface area (Å²) in [5.74, 6) is 0.166. The third-order valence-corrected chi connectivity index (χ3v) is 3.13. The maximum atomic E-state index is 11.0. The van der Waals surface area contributed by atoms with Gasteiger partial charge in [-0.1, -0.05) is 56.5 Å². The first-order chi connectivity index (χ1) is 8.83. The first-order valence-electron chi connectivity index (χ1n) is 7.13. The molecule has 0 saturated heterocycles. The summed E-state index contributed by atoms with van der Waals surface area (Å²) in [5.41, 5.74) is 1.44. The number of hydrogen-bond donors (Lipinski definition) is 1. The molecule has 0 spiro atoms. The molecule has 0 unspecified atom stereocenters. The molecule has 2 nitrogen and oxygen atoms in total. The van der Waals surface area contributed by atoms with Crippen molar-refractivity contribution in [2.75, 3.05) is 6.54 Å². The molecular weight excluding hydrogens is 222 g/mol. The lowest BCUT2D eigenvalue weighted by Crippen LogP contribution is -2.23. The fourth-order valence-corrected chi connectivity index (χ4v) is 1.98. The van der Waals surface area contributed by atoms with Crippen molar-refractivity contribution < 1.29 is 4.79 Å². The summed E-state index contributed by atoms with van der Waals surface area (Å²) in [4.78, 5) is 11.0. The normalized spacial score (nSPS) is 10.3. The van der Waals surface area contributed by atoms with Crippen molar-refractivity contribution in [1.29, 1.82) is 0 Å². The van der Waals surface area contributed by atoms with Gasteiger partial charge in [-0.2, -0.15) is 0 Å². The molecule has 1 aromatic carbocycles. The van der Waals surface area contributed by atoms with Gasteiger partial charge in [0, 0.05) is 13.0 Å². The number of rotatable bonds is 9. The Labute approximate surface area is 111 Å². The van der Waals surface area contributed by atoms with Crippen LogP contribution in [0.25, 0.3) is 0 Å². The van der Waals surface area contributed by atoms with Crippen molar-refractivity contribution in [3.63, 3.8) is 0 Å². The van der Waals surface area contributed by atoms with Gasteiger partial charge in [-0.15, -0.1) is 0 Å². The molecule has 0 bridgehead atoms. The van der Waals surface area contributed by atoms with E-state index >= 15 is 0 Å². The van der Waals surface area contributed by atoms with Gasteiger partial charge < -0.3 is 5.32 Å². The highest BCUT2D eigenvalue weighted by Gasteiger charge is 1.96. The number of carbonyl (C=O) groups excluding carboxylic acids is 1. The average Bonchev–Trinajstić information content (AvgIpc) is 2.42. The predicted octanol–water partition coefficient (Wildman–Crippen LogP) is 3.71. The van der Waals surface area contributed by atoms with Gasteiger partial charge >= 0.3 is 0 Å². The van der Waals surface area contributed by atoms with Gasteiger partial charge in [0.2, 0.25) is 5.91 Å². The quantitative estimate of drug-likeness (QED) is 0.662. The molecule has 0 atom stereocenters. The third-order valence-electron chi connectivity index (χ3n) is 3.13. The Balaban J connectivity index is 1.89. The topological polar surface area (TPSA) is 29.1 Å². The van der Waals surface area contributed by atoms with Crippen LogP contribution in [0.5, 0.6) is 0 Å². The molecule has 0 saturated carbocycles. The molecule has 0 aliphatic heterocycles. The van der Waals surface area contributed by atoms with E-state index in [2.05, 4.69) is 35.6 Å². The van der Waals surface area contributed by atoms with Crippen LogP contribution in [0.2, 0.25) is 0 Å². The molecule has 1 amide bonds. The number of aryl methyl sites for hydroxylation is 1. The van der Waals surface area contributed by atoms with E-state index in [9.17, 15) is 4.79 Å². The molecule has 0 heterocycles. The minimum atomic E-state index is 0.166. The van der Waals surface area contributed by atoms with E-state index in [0.29, 0.717) is 6.42 Å². The van der Waals surface area contributed by atoms with Gasteiger partial charge in [-0.25, -0.2) is 0 Å². The average molecular weight is 247 g/mol. The number of amides is 1. The van der Waals surface area contributed by atoms with E-state index in [-0.39, 0.29) is 5.91 Å². The summed E-state index contributed by atoms with van der Waals surface area (Å²) in [6, 6.07) is 10.7. The van der Waals surface area contributed by atoms with Crippen molar-refractivity contribution >= 4 is 5.91 Å². The lowest BCUT2D eigenvalue weighted by molar-refractivity contribution is -0.120. The van der Waals surface area contributed by atoms with Crippen molar-refractivity contribution in [3.05, 3.63) is 35.9 Å². The summed E-state index contributed by atoms with van der Waals surface area (Å²) in [6.07, 6.45) is 7.94. The number of benzene rings is 1. The van der Waals surface area contributed by atoms with Crippen LogP contribution in [0.1, 0.15) is 51.0 Å². The Kier molecular flexibility index (Phi) is 7.94. The monoisotopic (exact) mass is 247 g/mol. The van der Waals surface area contributed by atoms with Gasteiger partial charge in [0.05, 0.1) is 0 Å². The SMILES string of the molecule is CCC(=O)NCCCCCCCc1ccccc1. The van der Waals surface area contributed by atoms with Crippen molar-refractivity contribution in [2.24, 2.45) is 0 Å². The predicted molar refractivity (Wildman–Crippen MR) is 76.5 cm³/mol. The first kappa shape index (κ1) is 14.7. The summed E-state index contributed by atoms with van der Waals surface area (Å²) < 4.78 is 0. The van der Waals surface area contributed by atoms with Crippen LogP contribution in [0.15, 0.2) is 30.3 Å². The van der Waals surface area contributed by atoms with Gasteiger partial charge in [0.1, 0.15) is 0 Å². The largest absolute Gasteiger partial charge is 0.356 e. The van der Waals surface area contributed by atoms with Crippen LogP contribution in [0.4, 0.5) is 0 Å². The lowest BCUT2D eigenvalue weighted by Gasteiger charge is -2.04. The summed E-state index contributed by atoms with van der Waals surface area (Å²) in [7, 11) is 0. The second-order valence-electron chi connectivity index (χ2n) is 4.71. The second-order valence-corrected chi connectivity index (χ2v) is 4.71. The standard InChI is InChI=1S/C16H25NO/c1-2-16(18)17-14-10-5-3-4-7-11-15-12-8-6-9-13-15/h6,8-9,12-13H,2-5,7,10-11,14H2,1H3,(H,17,18). The molecule has 1 rings (SSSR count). The van der Waals surface area contributed by atoms with Crippen molar-refractivity contribution in [3.8, 4) is 0 Å². The van der Waals surface area contributed by atoms with Crippen molar-refractivity contribution in [2.45, 2.75) is 51.9 Å². The summed E-state index contributed by atoms with van der Waals surface area (Å²) in [5, 5.41) is 2.91. The van der Waals surface area contributed by atoms with E-state index in [1.165, 1.54) is 37.7 Å². The summed E-state index contributed by atoms with van der Waals surface area (Å²) >= 11 is 0. The highest BCUT2D eigenvalue weighted by Crippen LogP contribution is 2.08. The molecular formula is C16H25NO. The maximum absolute atomic E-state index is 11.0. The van der Waals surface area contributed by atoms with E-state index < -0.39 is 0 Å². The molecule has 18 heavy (non-hydrogen) atoms. The maximum Gasteiger partial charge on any atom is 0.219 e.